The van der Waals surface area contributed by atoms with Crippen molar-refractivity contribution in [3.63, 3.8) is 0 Å². The van der Waals surface area contributed by atoms with Gasteiger partial charge in [0.15, 0.2) is 0 Å². The van der Waals surface area contributed by atoms with Gasteiger partial charge in [-0.15, -0.1) is 6.58 Å². The van der Waals surface area contributed by atoms with E-state index < -0.39 is 0 Å². The molecule has 0 unspecified atom stereocenters. The molecule has 1 aliphatic heterocycles. The minimum atomic E-state index is -0.217. The van der Waals surface area contributed by atoms with Crippen molar-refractivity contribution in [3.05, 3.63) is 12.7 Å². The van der Waals surface area contributed by atoms with Crippen LogP contribution in [0.1, 0.15) is 44.9 Å². The average Bonchev–Trinajstić information content (AvgIpc) is 2.66. The minimum absolute atomic E-state index is 0.0597. The Labute approximate surface area is 120 Å². The highest BCUT2D eigenvalue weighted by molar-refractivity contribution is 5.82. The van der Waals surface area contributed by atoms with Gasteiger partial charge < -0.3 is 15.5 Å². The van der Waals surface area contributed by atoms with Crippen LogP contribution in [0.25, 0.3) is 0 Å². The van der Waals surface area contributed by atoms with Crippen LogP contribution in [0.5, 0.6) is 0 Å². The molecule has 1 saturated carbocycles. The number of rotatable bonds is 4. The summed E-state index contributed by atoms with van der Waals surface area (Å²) in [5.74, 6) is 0.186. The molecule has 0 radical (unpaired) electrons. The Morgan fingerprint density at radius 3 is 2.65 bits per heavy atom. The molecular weight excluding hydrogens is 254 g/mol. The van der Waals surface area contributed by atoms with E-state index in [1.54, 1.807) is 6.08 Å². The number of carbonyl (C=O) groups excluding carboxylic acids is 2. The smallest absolute Gasteiger partial charge is 0.315 e. The van der Waals surface area contributed by atoms with Crippen LogP contribution < -0.4 is 10.6 Å². The lowest BCUT2D eigenvalue weighted by atomic mass is 10.1. The predicted octanol–water partition coefficient (Wildman–Crippen LogP) is 1.80. The second kappa shape index (κ2) is 7.31. The van der Waals surface area contributed by atoms with Crippen molar-refractivity contribution in [1.29, 1.82) is 0 Å². The van der Waals surface area contributed by atoms with E-state index in [0.717, 1.165) is 12.8 Å². The topological polar surface area (TPSA) is 61.4 Å². The van der Waals surface area contributed by atoms with E-state index in [4.69, 9.17) is 0 Å². The highest BCUT2D eigenvalue weighted by Gasteiger charge is 2.34. The van der Waals surface area contributed by atoms with Crippen molar-refractivity contribution < 1.29 is 9.59 Å². The summed E-state index contributed by atoms with van der Waals surface area (Å²) in [6.45, 7) is 4.65. The molecule has 1 atom stereocenters. The zero-order valence-corrected chi connectivity index (χ0v) is 12.1. The first kappa shape index (κ1) is 14.9. The van der Waals surface area contributed by atoms with Gasteiger partial charge >= 0.3 is 6.03 Å². The van der Waals surface area contributed by atoms with Gasteiger partial charge in [0.25, 0.3) is 0 Å². The summed E-state index contributed by atoms with van der Waals surface area (Å²) in [5.41, 5.74) is 0. The third-order valence-corrected chi connectivity index (χ3v) is 4.17. The molecule has 1 saturated heterocycles. The van der Waals surface area contributed by atoms with Crippen LogP contribution in [-0.2, 0) is 4.79 Å². The normalized spacial score (nSPS) is 24.3. The predicted molar refractivity (Wildman–Crippen MR) is 78.3 cm³/mol. The molecule has 5 nitrogen and oxygen atoms in total. The number of likely N-dealkylation sites (tertiary alicyclic amines) is 1. The molecule has 0 aromatic heterocycles. The van der Waals surface area contributed by atoms with Gasteiger partial charge in [0, 0.05) is 25.6 Å². The zero-order chi connectivity index (χ0) is 14.4. The second-order valence-electron chi connectivity index (χ2n) is 5.74. The lowest BCUT2D eigenvalue weighted by molar-refractivity contribution is -0.129. The number of urea groups is 1. The van der Waals surface area contributed by atoms with E-state index >= 15 is 0 Å². The van der Waals surface area contributed by atoms with Crippen LogP contribution in [0.15, 0.2) is 12.7 Å². The van der Waals surface area contributed by atoms with E-state index in [-0.39, 0.29) is 18.0 Å². The first-order valence-electron chi connectivity index (χ1n) is 7.65. The van der Waals surface area contributed by atoms with Crippen LogP contribution in [-0.4, -0.2) is 42.0 Å². The fraction of sp³-hybridized carbons (Fsp3) is 0.733. The highest BCUT2D eigenvalue weighted by atomic mass is 16.2. The molecule has 0 bridgehead atoms. The molecule has 1 aliphatic carbocycles. The summed E-state index contributed by atoms with van der Waals surface area (Å²) < 4.78 is 0. The molecule has 0 aromatic carbocycles. The van der Waals surface area contributed by atoms with Crippen LogP contribution >= 0.6 is 0 Å². The SMILES string of the molecule is C=CCNC(=O)N[C@@H]1CC(=O)N(C2CCCCCC2)C1. The van der Waals surface area contributed by atoms with E-state index in [9.17, 15) is 9.59 Å². The Hall–Kier alpha value is -1.52. The van der Waals surface area contributed by atoms with Gasteiger partial charge in [0.1, 0.15) is 0 Å². The Kier molecular flexibility index (Phi) is 5.44. The van der Waals surface area contributed by atoms with Crippen molar-refractivity contribution in [1.82, 2.24) is 15.5 Å². The molecule has 5 heteroatoms. The van der Waals surface area contributed by atoms with Crippen LogP contribution in [0.3, 0.4) is 0 Å². The highest BCUT2D eigenvalue weighted by Crippen LogP contribution is 2.25. The zero-order valence-electron chi connectivity index (χ0n) is 12.1. The second-order valence-corrected chi connectivity index (χ2v) is 5.74. The molecule has 3 amide bonds. The van der Waals surface area contributed by atoms with Crippen molar-refractivity contribution in [2.24, 2.45) is 0 Å². The van der Waals surface area contributed by atoms with Gasteiger partial charge in [-0.05, 0) is 12.8 Å². The number of nitrogens with one attached hydrogen (secondary N) is 2. The minimum Gasteiger partial charge on any atom is -0.338 e. The molecule has 20 heavy (non-hydrogen) atoms. The molecular formula is C15H25N3O2. The van der Waals surface area contributed by atoms with Crippen molar-refractivity contribution >= 4 is 11.9 Å². The Balaban J connectivity index is 1.83. The maximum absolute atomic E-state index is 12.1. The summed E-state index contributed by atoms with van der Waals surface area (Å²) >= 11 is 0. The summed E-state index contributed by atoms with van der Waals surface area (Å²) in [4.78, 5) is 25.7. The monoisotopic (exact) mass is 279 g/mol. The average molecular weight is 279 g/mol. The first-order chi connectivity index (χ1) is 9.70. The van der Waals surface area contributed by atoms with Gasteiger partial charge in [-0.25, -0.2) is 4.79 Å². The molecule has 0 spiro atoms. The molecule has 112 valence electrons. The Morgan fingerprint density at radius 1 is 1.30 bits per heavy atom. The number of hydrogen-bond acceptors (Lipinski definition) is 2. The van der Waals surface area contributed by atoms with E-state index in [2.05, 4.69) is 17.2 Å². The van der Waals surface area contributed by atoms with Crippen molar-refractivity contribution in [3.8, 4) is 0 Å². The standard InChI is InChI=1S/C15H25N3O2/c1-2-9-16-15(20)17-12-10-14(19)18(11-12)13-7-5-3-4-6-8-13/h2,12-13H,1,3-11H2,(H2,16,17,20)/t12-/m1/s1. The van der Waals surface area contributed by atoms with Gasteiger partial charge in [-0.1, -0.05) is 31.8 Å². The quantitative estimate of drug-likeness (QED) is 0.609. The van der Waals surface area contributed by atoms with E-state index in [1.807, 2.05) is 4.90 Å². The maximum Gasteiger partial charge on any atom is 0.315 e. The lowest BCUT2D eigenvalue weighted by Crippen LogP contribution is -2.44. The Morgan fingerprint density at radius 2 is 2.00 bits per heavy atom. The summed E-state index contributed by atoms with van der Waals surface area (Å²) in [5, 5.41) is 5.55. The van der Waals surface area contributed by atoms with Crippen LogP contribution in [0.2, 0.25) is 0 Å². The Bertz CT molecular complexity index is 362. The number of nitrogens with zero attached hydrogens (tertiary/aromatic N) is 1. The van der Waals surface area contributed by atoms with Gasteiger partial charge in [0.2, 0.25) is 5.91 Å². The van der Waals surface area contributed by atoms with Crippen LogP contribution in [0, 0.1) is 0 Å². The van der Waals surface area contributed by atoms with Crippen molar-refractivity contribution in [2.45, 2.75) is 57.0 Å². The largest absolute Gasteiger partial charge is 0.338 e. The third-order valence-electron chi connectivity index (χ3n) is 4.17. The molecule has 2 aliphatic rings. The summed E-state index contributed by atoms with van der Waals surface area (Å²) in [6.07, 6.45) is 9.28. The fourth-order valence-corrected chi connectivity index (χ4v) is 3.15. The molecule has 2 N–H and O–H groups in total. The van der Waals surface area contributed by atoms with Gasteiger partial charge in [0.05, 0.1) is 6.04 Å². The van der Waals surface area contributed by atoms with Crippen molar-refractivity contribution in [2.75, 3.05) is 13.1 Å². The lowest BCUT2D eigenvalue weighted by Gasteiger charge is -2.27. The van der Waals surface area contributed by atoms with E-state index in [1.165, 1.54) is 25.7 Å². The first-order valence-corrected chi connectivity index (χ1v) is 7.65. The molecule has 0 aromatic rings. The maximum atomic E-state index is 12.1. The van der Waals surface area contributed by atoms with Crippen LogP contribution in [0.4, 0.5) is 4.79 Å². The third kappa shape index (κ3) is 3.99. The number of hydrogen-bond donors (Lipinski definition) is 2. The molecule has 2 rings (SSSR count). The summed E-state index contributed by atoms with van der Waals surface area (Å²) in [7, 11) is 0. The van der Waals surface area contributed by atoms with Gasteiger partial charge in [-0.2, -0.15) is 0 Å². The molecule has 1 heterocycles. The number of amides is 3. The number of carbonyl (C=O) groups is 2. The van der Waals surface area contributed by atoms with E-state index in [0.29, 0.717) is 25.6 Å². The van der Waals surface area contributed by atoms with Gasteiger partial charge in [-0.3, -0.25) is 4.79 Å². The fourth-order valence-electron chi connectivity index (χ4n) is 3.15. The summed E-state index contributed by atoms with van der Waals surface area (Å²) in [6, 6.07) is 0.106. The molecule has 2 fully saturated rings.